The van der Waals surface area contributed by atoms with Gasteiger partial charge in [-0.15, -0.1) is 0 Å². The van der Waals surface area contributed by atoms with Crippen molar-refractivity contribution in [3.8, 4) is 0 Å². The quantitative estimate of drug-likeness (QED) is 0.392. The molecule has 5 nitrogen and oxygen atoms in total. The number of benzene rings is 2. The van der Waals surface area contributed by atoms with Crippen LogP contribution >= 0.6 is 12.2 Å². The Labute approximate surface area is 199 Å². The molecule has 1 atom stereocenters. The summed E-state index contributed by atoms with van der Waals surface area (Å²) in [5, 5.41) is 5.05. The summed E-state index contributed by atoms with van der Waals surface area (Å²) in [6.07, 6.45) is 3.58. The SMILES string of the molecule is Cc1cc2cc(CN(Cc3cccnc3)C(=S)NC(C)c3ccccc3)c(=O)[nH]c2cc1C. The number of rotatable bonds is 6. The first kappa shape index (κ1) is 22.7. The highest BCUT2D eigenvalue weighted by molar-refractivity contribution is 7.80. The van der Waals surface area contributed by atoms with E-state index in [4.69, 9.17) is 12.2 Å². The molecule has 0 amide bonds. The second kappa shape index (κ2) is 9.96. The number of thiocarbonyl (C=S) groups is 1. The fourth-order valence-corrected chi connectivity index (χ4v) is 4.16. The van der Waals surface area contributed by atoms with Gasteiger partial charge in [0, 0.05) is 30.0 Å². The number of hydrogen-bond donors (Lipinski definition) is 2. The topological polar surface area (TPSA) is 61.0 Å². The molecule has 4 rings (SSSR count). The van der Waals surface area contributed by atoms with E-state index < -0.39 is 0 Å². The smallest absolute Gasteiger partial charge is 0.253 e. The summed E-state index contributed by atoms with van der Waals surface area (Å²) in [6, 6.07) is 20.2. The van der Waals surface area contributed by atoms with E-state index in [1.807, 2.05) is 53.6 Å². The van der Waals surface area contributed by atoms with Gasteiger partial charge in [0.05, 0.1) is 12.6 Å². The number of aromatic amines is 1. The molecule has 4 aromatic rings. The van der Waals surface area contributed by atoms with Gasteiger partial charge < -0.3 is 15.2 Å². The minimum absolute atomic E-state index is 0.0376. The van der Waals surface area contributed by atoms with Gasteiger partial charge in [-0.1, -0.05) is 36.4 Å². The van der Waals surface area contributed by atoms with Crippen LogP contribution in [0.2, 0.25) is 0 Å². The number of nitrogens with one attached hydrogen (secondary N) is 2. The summed E-state index contributed by atoms with van der Waals surface area (Å²) in [7, 11) is 0. The van der Waals surface area contributed by atoms with Gasteiger partial charge in [-0.2, -0.15) is 0 Å². The first-order valence-corrected chi connectivity index (χ1v) is 11.4. The Kier molecular flexibility index (Phi) is 6.84. The van der Waals surface area contributed by atoms with Crippen molar-refractivity contribution in [2.24, 2.45) is 0 Å². The summed E-state index contributed by atoms with van der Waals surface area (Å²) in [6.45, 7) is 7.15. The molecule has 2 heterocycles. The molecule has 0 saturated carbocycles. The van der Waals surface area contributed by atoms with Crippen molar-refractivity contribution in [3.05, 3.63) is 111 Å². The standard InChI is InChI=1S/C27H28N4OS/c1-18-12-23-14-24(26(32)30-25(23)13-19(18)2)17-31(16-21-8-7-11-28-15-21)27(33)29-20(3)22-9-5-4-6-10-22/h4-15,20H,16-17H2,1-3H3,(H,29,33)(H,30,32). The number of nitrogens with zero attached hydrogens (tertiary/aromatic N) is 2. The van der Waals surface area contributed by atoms with Gasteiger partial charge in [0.1, 0.15) is 0 Å². The third-order valence-corrected chi connectivity index (χ3v) is 6.30. The Hall–Kier alpha value is -3.51. The Bertz CT molecular complexity index is 1320. The monoisotopic (exact) mass is 456 g/mol. The molecule has 0 saturated heterocycles. The summed E-state index contributed by atoms with van der Waals surface area (Å²) in [4.78, 5) is 22.2. The molecule has 0 radical (unpaired) electrons. The lowest BCUT2D eigenvalue weighted by atomic mass is 10.0. The second-order valence-electron chi connectivity index (χ2n) is 8.45. The van der Waals surface area contributed by atoms with Gasteiger partial charge >= 0.3 is 0 Å². The first-order chi connectivity index (χ1) is 15.9. The summed E-state index contributed by atoms with van der Waals surface area (Å²) in [5.74, 6) is 0. The van der Waals surface area contributed by atoms with Gasteiger partial charge in [0.25, 0.3) is 5.56 Å². The van der Waals surface area contributed by atoms with E-state index in [9.17, 15) is 4.79 Å². The summed E-state index contributed by atoms with van der Waals surface area (Å²) in [5.41, 5.74) is 5.95. The molecular formula is C27H28N4OS. The van der Waals surface area contributed by atoms with Crippen molar-refractivity contribution in [1.82, 2.24) is 20.2 Å². The largest absolute Gasteiger partial charge is 0.356 e. The van der Waals surface area contributed by atoms with Crippen molar-refractivity contribution in [2.75, 3.05) is 0 Å². The zero-order chi connectivity index (χ0) is 23.4. The van der Waals surface area contributed by atoms with E-state index in [1.165, 1.54) is 5.56 Å². The molecule has 33 heavy (non-hydrogen) atoms. The van der Waals surface area contributed by atoms with Crippen LogP contribution in [0.25, 0.3) is 10.9 Å². The molecule has 0 bridgehead atoms. The Morgan fingerprint density at radius 1 is 1.06 bits per heavy atom. The predicted molar refractivity (Wildman–Crippen MR) is 138 cm³/mol. The van der Waals surface area contributed by atoms with Gasteiger partial charge in [-0.05, 0) is 84.9 Å². The fraction of sp³-hybridized carbons (Fsp3) is 0.222. The molecule has 2 N–H and O–H groups in total. The average molecular weight is 457 g/mol. The van der Waals surface area contributed by atoms with Crippen molar-refractivity contribution in [1.29, 1.82) is 0 Å². The normalized spacial score (nSPS) is 11.8. The predicted octanol–water partition coefficient (Wildman–Crippen LogP) is 5.18. The Morgan fingerprint density at radius 3 is 2.55 bits per heavy atom. The van der Waals surface area contributed by atoms with E-state index in [0.717, 1.165) is 27.6 Å². The van der Waals surface area contributed by atoms with E-state index in [-0.39, 0.29) is 11.6 Å². The molecule has 0 aliphatic heterocycles. The average Bonchev–Trinajstić information content (AvgIpc) is 2.81. The van der Waals surface area contributed by atoms with Crippen molar-refractivity contribution in [3.63, 3.8) is 0 Å². The number of hydrogen-bond acceptors (Lipinski definition) is 3. The Balaban J connectivity index is 1.63. The van der Waals surface area contributed by atoms with E-state index in [1.54, 1.807) is 6.20 Å². The van der Waals surface area contributed by atoms with E-state index in [0.29, 0.717) is 23.8 Å². The molecule has 0 aliphatic carbocycles. The third-order valence-electron chi connectivity index (χ3n) is 5.92. The van der Waals surface area contributed by atoms with Gasteiger partial charge in [-0.3, -0.25) is 9.78 Å². The van der Waals surface area contributed by atoms with Crippen LogP contribution in [0.4, 0.5) is 0 Å². The maximum atomic E-state index is 12.9. The minimum Gasteiger partial charge on any atom is -0.356 e. The van der Waals surface area contributed by atoms with Crippen molar-refractivity contribution >= 4 is 28.2 Å². The molecule has 2 aromatic heterocycles. The van der Waals surface area contributed by atoms with E-state index in [2.05, 4.69) is 54.3 Å². The van der Waals surface area contributed by atoms with Crippen LogP contribution in [0.1, 0.15) is 40.8 Å². The van der Waals surface area contributed by atoms with E-state index >= 15 is 0 Å². The molecule has 168 valence electrons. The first-order valence-electron chi connectivity index (χ1n) is 11.0. The van der Waals surface area contributed by atoms with Crippen LogP contribution in [-0.2, 0) is 13.1 Å². The highest BCUT2D eigenvalue weighted by Crippen LogP contribution is 2.19. The lowest BCUT2D eigenvalue weighted by Crippen LogP contribution is -2.41. The highest BCUT2D eigenvalue weighted by atomic mass is 32.1. The molecule has 0 spiro atoms. The maximum Gasteiger partial charge on any atom is 0.253 e. The lowest BCUT2D eigenvalue weighted by molar-refractivity contribution is 0.391. The molecule has 6 heteroatoms. The van der Waals surface area contributed by atoms with Gasteiger partial charge in [-0.25, -0.2) is 0 Å². The van der Waals surface area contributed by atoms with Crippen molar-refractivity contribution in [2.45, 2.75) is 39.9 Å². The highest BCUT2D eigenvalue weighted by Gasteiger charge is 2.17. The minimum atomic E-state index is -0.0964. The van der Waals surface area contributed by atoms with Gasteiger partial charge in [0.15, 0.2) is 5.11 Å². The Morgan fingerprint density at radius 2 is 1.82 bits per heavy atom. The van der Waals surface area contributed by atoms with Gasteiger partial charge in [0.2, 0.25) is 0 Å². The van der Waals surface area contributed by atoms with Crippen LogP contribution in [0.3, 0.4) is 0 Å². The molecule has 1 unspecified atom stereocenters. The van der Waals surface area contributed by atoms with Crippen LogP contribution in [0, 0.1) is 13.8 Å². The number of H-pyrrole nitrogens is 1. The zero-order valence-corrected chi connectivity index (χ0v) is 19.9. The number of pyridine rings is 2. The second-order valence-corrected chi connectivity index (χ2v) is 8.83. The van der Waals surface area contributed by atoms with Crippen LogP contribution in [0.15, 0.2) is 77.9 Å². The molecule has 0 fully saturated rings. The maximum absolute atomic E-state index is 12.9. The van der Waals surface area contributed by atoms with Crippen LogP contribution in [-0.4, -0.2) is 20.0 Å². The number of fused-ring (bicyclic) bond motifs is 1. The molecule has 0 aliphatic rings. The number of aryl methyl sites for hydroxylation is 2. The fourth-order valence-electron chi connectivity index (χ4n) is 3.86. The van der Waals surface area contributed by atoms with Crippen molar-refractivity contribution < 1.29 is 0 Å². The number of aromatic nitrogens is 2. The molecule has 2 aromatic carbocycles. The summed E-state index contributed by atoms with van der Waals surface area (Å²) < 4.78 is 0. The zero-order valence-electron chi connectivity index (χ0n) is 19.1. The lowest BCUT2D eigenvalue weighted by Gasteiger charge is -2.28. The van der Waals surface area contributed by atoms with Crippen LogP contribution in [0.5, 0.6) is 0 Å². The molecular weight excluding hydrogens is 428 g/mol. The summed E-state index contributed by atoms with van der Waals surface area (Å²) >= 11 is 5.81. The third kappa shape index (κ3) is 5.46. The van der Waals surface area contributed by atoms with Crippen LogP contribution < -0.4 is 10.9 Å².